The quantitative estimate of drug-likeness (QED) is 0.294. The van der Waals surface area contributed by atoms with Crippen LogP contribution < -0.4 is 0 Å². The lowest BCUT2D eigenvalue weighted by molar-refractivity contribution is -0.385. The van der Waals surface area contributed by atoms with Crippen LogP contribution >= 0.6 is 11.6 Å². The minimum Gasteiger partial charge on any atom is -0.267 e. The molecule has 1 heterocycles. The summed E-state index contributed by atoms with van der Waals surface area (Å²) in [5, 5.41) is 24.3. The largest absolute Gasteiger partial charge is 0.287 e. The average molecular weight is 481 g/mol. The van der Waals surface area contributed by atoms with Gasteiger partial charge in [0.2, 0.25) is 0 Å². The molecular formula is C22H13ClN4O7. The zero-order valence-corrected chi connectivity index (χ0v) is 17.8. The van der Waals surface area contributed by atoms with Crippen LogP contribution in [-0.2, 0) is 6.54 Å². The van der Waals surface area contributed by atoms with Gasteiger partial charge in [-0.15, -0.1) is 0 Å². The normalized spacial score (nSPS) is 12.4. The molecule has 0 saturated carbocycles. The van der Waals surface area contributed by atoms with Gasteiger partial charge in [-0.1, -0.05) is 35.9 Å². The second-order valence-corrected chi connectivity index (χ2v) is 7.61. The summed E-state index contributed by atoms with van der Waals surface area (Å²) in [4.78, 5) is 60.9. The molecule has 3 aromatic rings. The van der Waals surface area contributed by atoms with Gasteiger partial charge < -0.3 is 0 Å². The third kappa shape index (κ3) is 3.95. The van der Waals surface area contributed by atoms with E-state index in [1.807, 2.05) is 0 Å². The molecule has 4 rings (SSSR count). The van der Waals surface area contributed by atoms with Crippen molar-refractivity contribution in [2.45, 2.75) is 6.54 Å². The molecule has 0 radical (unpaired) electrons. The van der Waals surface area contributed by atoms with Crippen molar-refractivity contribution in [2.24, 2.45) is 0 Å². The van der Waals surface area contributed by atoms with Gasteiger partial charge in [0.25, 0.3) is 29.1 Å². The molecule has 0 spiro atoms. The molecule has 0 saturated heterocycles. The zero-order valence-electron chi connectivity index (χ0n) is 17.1. The maximum absolute atomic E-state index is 13.4. The van der Waals surface area contributed by atoms with Crippen LogP contribution in [0.15, 0.2) is 66.7 Å². The third-order valence-electron chi connectivity index (χ3n) is 5.09. The van der Waals surface area contributed by atoms with Crippen LogP contribution in [0.2, 0.25) is 5.02 Å². The number of carbonyl (C=O) groups excluding carboxylic acids is 3. The summed E-state index contributed by atoms with van der Waals surface area (Å²) in [5.41, 5.74) is -1.29. The number of hydrogen-bond acceptors (Lipinski definition) is 7. The van der Waals surface area contributed by atoms with Crippen LogP contribution in [0.1, 0.15) is 36.6 Å². The van der Waals surface area contributed by atoms with E-state index in [1.165, 1.54) is 30.3 Å². The molecule has 12 heteroatoms. The summed E-state index contributed by atoms with van der Waals surface area (Å²) in [6.45, 7) is -0.294. The molecule has 0 N–H and O–H groups in total. The van der Waals surface area contributed by atoms with Crippen molar-refractivity contribution in [2.75, 3.05) is 0 Å². The van der Waals surface area contributed by atoms with E-state index in [2.05, 4.69) is 0 Å². The summed E-state index contributed by atoms with van der Waals surface area (Å²) < 4.78 is 0. The maximum atomic E-state index is 13.4. The van der Waals surface area contributed by atoms with Crippen molar-refractivity contribution in [1.29, 1.82) is 0 Å². The van der Waals surface area contributed by atoms with Crippen molar-refractivity contribution in [3.05, 3.63) is 114 Å². The highest BCUT2D eigenvalue weighted by Crippen LogP contribution is 2.33. The van der Waals surface area contributed by atoms with E-state index in [-0.39, 0.29) is 23.4 Å². The van der Waals surface area contributed by atoms with Gasteiger partial charge in [-0.25, -0.2) is 5.01 Å². The minimum atomic E-state index is -1.06. The molecule has 0 bridgehead atoms. The number of hydrazine groups is 1. The lowest BCUT2D eigenvalue weighted by atomic mass is 10.1. The number of hydrogen-bond donors (Lipinski definition) is 0. The Morgan fingerprint density at radius 2 is 1.59 bits per heavy atom. The van der Waals surface area contributed by atoms with Crippen molar-refractivity contribution in [3.63, 3.8) is 0 Å². The van der Waals surface area contributed by atoms with E-state index >= 15 is 0 Å². The van der Waals surface area contributed by atoms with E-state index < -0.39 is 38.8 Å². The van der Waals surface area contributed by atoms with Gasteiger partial charge in [0.05, 0.1) is 22.0 Å². The van der Waals surface area contributed by atoms with E-state index in [1.54, 1.807) is 24.3 Å². The first kappa shape index (κ1) is 22.6. The molecule has 0 atom stereocenters. The molecule has 0 aliphatic carbocycles. The number of amides is 3. The Bertz CT molecular complexity index is 1370. The highest BCUT2D eigenvalue weighted by molar-refractivity contribution is 6.30. The van der Waals surface area contributed by atoms with Gasteiger partial charge in [0.1, 0.15) is 5.56 Å². The summed E-state index contributed by atoms with van der Waals surface area (Å²) >= 11 is 5.91. The summed E-state index contributed by atoms with van der Waals surface area (Å²) in [6.07, 6.45) is 0. The van der Waals surface area contributed by atoms with Crippen molar-refractivity contribution in [1.82, 2.24) is 10.0 Å². The van der Waals surface area contributed by atoms with E-state index in [9.17, 15) is 34.6 Å². The first-order chi connectivity index (χ1) is 16.2. The maximum Gasteiger partial charge on any atom is 0.287 e. The molecular weight excluding hydrogens is 468 g/mol. The van der Waals surface area contributed by atoms with Crippen molar-refractivity contribution >= 4 is 40.7 Å². The van der Waals surface area contributed by atoms with E-state index in [4.69, 9.17) is 11.6 Å². The standard InChI is InChI=1S/C22H13ClN4O7/c23-15-9-7-13(8-10-15)12-24(20(28)14-3-1-4-16(11-14)26(31)32)25-21(29)17-5-2-6-18(27(33)34)19(17)22(25)30/h1-11H,12H2. The number of imide groups is 1. The molecule has 0 fully saturated rings. The van der Waals surface area contributed by atoms with Crippen LogP contribution in [0.5, 0.6) is 0 Å². The highest BCUT2D eigenvalue weighted by atomic mass is 35.5. The third-order valence-corrected chi connectivity index (χ3v) is 5.35. The number of halogens is 1. The fourth-order valence-corrected chi connectivity index (χ4v) is 3.65. The molecule has 3 amide bonds. The van der Waals surface area contributed by atoms with Crippen LogP contribution in [0.4, 0.5) is 11.4 Å². The van der Waals surface area contributed by atoms with Gasteiger partial charge in [-0.05, 0) is 29.8 Å². The first-order valence-corrected chi connectivity index (χ1v) is 10.0. The number of nitro groups is 2. The number of non-ortho nitro benzene ring substituents is 1. The van der Waals surface area contributed by atoms with E-state index in [0.717, 1.165) is 17.1 Å². The zero-order chi connectivity index (χ0) is 24.6. The molecule has 170 valence electrons. The number of carbonyl (C=O) groups is 3. The van der Waals surface area contributed by atoms with Gasteiger partial charge in [-0.3, -0.25) is 34.6 Å². The van der Waals surface area contributed by atoms with Gasteiger partial charge in [-0.2, -0.15) is 5.01 Å². The molecule has 3 aromatic carbocycles. The predicted octanol–water partition coefficient (Wildman–Crippen LogP) is 4.01. The minimum absolute atomic E-state index is 0.158. The van der Waals surface area contributed by atoms with Gasteiger partial charge in [0, 0.05) is 28.8 Å². The van der Waals surface area contributed by atoms with Crippen LogP contribution in [0.3, 0.4) is 0 Å². The molecule has 1 aliphatic rings. The Balaban J connectivity index is 1.81. The summed E-state index contributed by atoms with van der Waals surface area (Å²) in [7, 11) is 0. The Morgan fingerprint density at radius 1 is 0.912 bits per heavy atom. The lowest BCUT2D eigenvalue weighted by Crippen LogP contribution is -2.49. The Hall–Kier alpha value is -4.64. The second-order valence-electron chi connectivity index (χ2n) is 7.18. The molecule has 11 nitrogen and oxygen atoms in total. The highest BCUT2D eigenvalue weighted by Gasteiger charge is 2.45. The Morgan fingerprint density at radius 3 is 2.24 bits per heavy atom. The van der Waals surface area contributed by atoms with Crippen LogP contribution in [-0.4, -0.2) is 37.6 Å². The molecule has 0 unspecified atom stereocenters. The van der Waals surface area contributed by atoms with Crippen molar-refractivity contribution in [3.8, 4) is 0 Å². The number of rotatable bonds is 6. The summed E-state index contributed by atoms with van der Waals surface area (Å²) in [6, 6.07) is 14.6. The average Bonchev–Trinajstić information content (AvgIpc) is 3.08. The lowest BCUT2D eigenvalue weighted by Gasteiger charge is -2.30. The van der Waals surface area contributed by atoms with Gasteiger partial charge >= 0.3 is 0 Å². The van der Waals surface area contributed by atoms with Gasteiger partial charge in [0.15, 0.2) is 0 Å². The monoisotopic (exact) mass is 480 g/mol. The van der Waals surface area contributed by atoms with Crippen LogP contribution in [0, 0.1) is 20.2 Å². The number of benzene rings is 3. The second kappa shape index (κ2) is 8.71. The smallest absolute Gasteiger partial charge is 0.267 e. The first-order valence-electron chi connectivity index (χ1n) is 9.66. The number of nitro benzene ring substituents is 2. The Labute approximate surface area is 196 Å². The molecule has 0 aromatic heterocycles. The van der Waals surface area contributed by atoms with Crippen molar-refractivity contribution < 1.29 is 24.2 Å². The van der Waals surface area contributed by atoms with E-state index in [0.29, 0.717) is 15.6 Å². The predicted molar refractivity (Wildman–Crippen MR) is 118 cm³/mol. The molecule has 1 aliphatic heterocycles. The fourth-order valence-electron chi connectivity index (χ4n) is 3.52. The number of fused-ring (bicyclic) bond motifs is 1. The van der Waals surface area contributed by atoms with Crippen LogP contribution in [0.25, 0.3) is 0 Å². The number of nitrogens with zero attached hydrogens (tertiary/aromatic N) is 4. The fraction of sp³-hybridized carbons (Fsp3) is 0.0455. The molecule has 34 heavy (non-hydrogen) atoms. The topological polar surface area (TPSA) is 144 Å². The Kier molecular flexibility index (Phi) is 5.78. The SMILES string of the molecule is O=C(c1cccc([N+](=O)[O-])c1)N(Cc1ccc(Cl)cc1)N1C(=O)c2cccc([N+](=O)[O-])c2C1=O. The summed E-state index contributed by atoms with van der Waals surface area (Å²) in [5.74, 6) is -2.88.